The molecule has 0 saturated carbocycles. The van der Waals surface area contributed by atoms with Crippen molar-refractivity contribution in [1.82, 2.24) is 9.55 Å². The summed E-state index contributed by atoms with van der Waals surface area (Å²) < 4.78 is 38.8. The van der Waals surface area contributed by atoms with E-state index in [-0.39, 0.29) is 24.1 Å². The van der Waals surface area contributed by atoms with Crippen molar-refractivity contribution in [2.45, 2.75) is 19.2 Å². The predicted molar refractivity (Wildman–Crippen MR) is 76.3 cm³/mol. The molecule has 1 saturated heterocycles. The quantitative estimate of drug-likeness (QED) is 0.852. The number of hydrogen-bond donors (Lipinski definition) is 0. The van der Waals surface area contributed by atoms with Crippen molar-refractivity contribution in [3.05, 3.63) is 51.9 Å². The molecule has 2 aromatic rings. The summed E-state index contributed by atoms with van der Waals surface area (Å²) in [6, 6.07) is 5.01. The third-order valence-corrected chi connectivity index (χ3v) is 4.03. The van der Waals surface area contributed by atoms with Crippen molar-refractivity contribution in [3.8, 4) is 5.88 Å². The number of hydrogen-bond acceptors (Lipinski definition) is 5. The standard InChI is InChI=1S/C15H13F2N3O3/c16-10-2-1-9(12(17)3-10)6-23-13-4-14-19(15(21)18-13)5-11-7-22-8-20(11)14/h1-4,11H,5-8H2/t11-/m1/s1. The molecule has 23 heavy (non-hydrogen) atoms. The SMILES string of the molecule is O=c1nc(OCc2ccc(F)cc2F)cc2n1C[C@@H]1COCN21. The molecule has 1 aromatic heterocycles. The van der Waals surface area contributed by atoms with Gasteiger partial charge in [-0.25, -0.2) is 13.6 Å². The summed E-state index contributed by atoms with van der Waals surface area (Å²) in [5.74, 6) is -0.560. The number of anilines is 1. The number of halogens is 2. The molecule has 0 unspecified atom stereocenters. The van der Waals surface area contributed by atoms with Crippen LogP contribution in [0.4, 0.5) is 14.6 Å². The summed E-state index contributed by atoms with van der Waals surface area (Å²) in [6.07, 6.45) is 0. The molecule has 1 atom stereocenters. The van der Waals surface area contributed by atoms with Gasteiger partial charge in [-0.3, -0.25) is 4.57 Å². The van der Waals surface area contributed by atoms with E-state index in [4.69, 9.17) is 9.47 Å². The molecule has 8 heteroatoms. The van der Waals surface area contributed by atoms with Crippen LogP contribution in [0.25, 0.3) is 0 Å². The Labute approximate surface area is 129 Å². The number of aromatic nitrogens is 2. The van der Waals surface area contributed by atoms with Crippen molar-refractivity contribution < 1.29 is 18.3 Å². The minimum absolute atomic E-state index is 0.109. The van der Waals surface area contributed by atoms with Crippen molar-refractivity contribution in [1.29, 1.82) is 0 Å². The molecule has 3 heterocycles. The van der Waals surface area contributed by atoms with Crippen LogP contribution in [-0.2, 0) is 17.9 Å². The highest BCUT2D eigenvalue weighted by Crippen LogP contribution is 2.29. The second-order valence-electron chi connectivity index (χ2n) is 5.49. The highest BCUT2D eigenvalue weighted by atomic mass is 19.1. The number of benzene rings is 1. The van der Waals surface area contributed by atoms with Gasteiger partial charge in [0.1, 0.15) is 30.8 Å². The Morgan fingerprint density at radius 2 is 2.22 bits per heavy atom. The van der Waals surface area contributed by atoms with Gasteiger partial charge in [-0.1, -0.05) is 0 Å². The summed E-state index contributed by atoms with van der Waals surface area (Å²) >= 11 is 0. The van der Waals surface area contributed by atoms with Crippen LogP contribution in [0.2, 0.25) is 0 Å². The Morgan fingerprint density at radius 3 is 3.04 bits per heavy atom. The first-order valence-electron chi connectivity index (χ1n) is 7.15. The lowest BCUT2D eigenvalue weighted by atomic mass is 10.2. The molecule has 0 aliphatic carbocycles. The lowest BCUT2D eigenvalue weighted by Gasteiger charge is -2.15. The van der Waals surface area contributed by atoms with Gasteiger partial charge >= 0.3 is 5.69 Å². The first kappa shape index (κ1) is 14.1. The van der Waals surface area contributed by atoms with E-state index >= 15 is 0 Å². The van der Waals surface area contributed by atoms with Crippen molar-refractivity contribution in [3.63, 3.8) is 0 Å². The maximum absolute atomic E-state index is 13.6. The second-order valence-corrected chi connectivity index (χ2v) is 5.49. The Balaban J connectivity index is 1.57. The van der Waals surface area contributed by atoms with Crippen LogP contribution in [0.15, 0.2) is 29.1 Å². The molecule has 120 valence electrons. The topological polar surface area (TPSA) is 56.6 Å². The molecule has 1 fully saturated rings. The molecule has 0 radical (unpaired) electrons. The second kappa shape index (κ2) is 5.31. The van der Waals surface area contributed by atoms with E-state index in [2.05, 4.69) is 4.98 Å². The van der Waals surface area contributed by atoms with E-state index in [0.717, 1.165) is 12.1 Å². The molecule has 0 N–H and O–H groups in total. The first-order chi connectivity index (χ1) is 11.1. The summed E-state index contributed by atoms with van der Waals surface area (Å²) in [7, 11) is 0. The molecule has 0 amide bonds. The lowest BCUT2D eigenvalue weighted by molar-refractivity contribution is 0.189. The lowest BCUT2D eigenvalue weighted by Crippen LogP contribution is -2.26. The predicted octanol–water partition coefficient (Wildman–Crippen LogP) is 1.28. The van der Waals surface area contributed by atoms with Gasteiger partial charge in [0, 0.05) is 17.7 Å². The number of fused-ring (bicyclic) bond motifs is 3. The zero-order chi connectivity index (χ0) is 16.0. The first-order valence-corrected chi connectivity index (χ1v) is 7.15. The zero-order valence-electron chi connectivity index (χ0n) is 12.0. The van der Waals surface area contributed by atoms with Crippen LogP contribution in [0.1, 0.15) is 5.56 Å². The van der Waals surface area contributed by atoms with Crippen LogP contribution >= 0.6 is 0 Å². The van der Waals surface area contributed by atoms with Gasteiger partial charge in [0.2, 0.25) is 5.88 Å². The fraction of sp³-hybridized carbons (Fsp3) is 0.333. The minimum Gasteiger partial charge on any atom is -0.472 e. The maximum Gasteiger partial charge on any atom is 0.352 e. The zero-order valence-corrected chi connectivity index (χ0v) is 12.0. The summed E-state index contributed by atoms with van der Waals surface area (Å²) in [6.45, 7) is 1.38. The molecule has 1 aromatic carbocycles. The number of nitrogens with zero attached hydrogens (tertiary/aromatic N) is 3. The fourth-order valence-electron chi connectivity index (χ4n) is 2.84. The Morgan fingerprint density at radius 1 is 1.35 bits per heavy atom. The van der Waals surface area contributed by atoms with Gasteiger partial charge in [-0.15, -0.1) is 0 Å². The molecular weight excluding hydrogens is 308 g/mol. The summed E-state index contributed by atoms with van der Waals surface area (Å²) in [5, 5.41) is 0. The molecule has 2 aliphatic heterocycles. The van der Waals surface area contributed by atoms with Gasteiger partial charge < -0.3 is 14.4 Å². The van der Waals surface area contributed by atoms with Crippen molar-refractivity contribution in [2.24, 2.45) is 0 Å². The van der Waals surface area contributed by atoms with Crippen LogP contribution in [0.5, 0.6) is 5.88 Å². The highest BCUT2D eigenvalue weighted by Gasteiger charge is 2.35. The molecule has 2 aliphatic rings. The maximum atomic E-state index is 13.6. The third-order valence-electron chi connectivity index (χ3n) is 4.03. The van der Waals surface area contributed by atoms with Gasteiger partial charge in [-0.05, 0) is 12.1 Å². The molecular formula is C15H13F2N3O3. The van der Waals surface area contributed by atoms with Crippen LogP contribution in [0.3, 0.4) is 0 Å². The monoisotopic (exact) mass is 321 g/mol. The summed E-state index contributed by atoms with van der Waals surface area (Å²) in [4.78, 5) is 17.9. The molecule has 6 nitrogen and oxygen atoms in total. The van der Waals surface area contributed by atoms with Crippen LogP contribution in [0, 0.1) is 11.6 Å². The average molecular weight is 321 g/mol. The Kier molecular flexibility index (Phi) is 3.26. The molecule has 0 bridgehead atoms. The van der Waals surface area contributed by atoms with E-state index in [9.17, 15) is 13.6 Å². The van der Waals surface area contributed by atoms with Gasteiger partial charge in [0.15, 0.2) is 0 Å². The van der Waals surface area contributed by atoms with E-state index in [1.165, 1.54) is 6.07 Å². The smallest absolute Gasteiger partial charge is 0.352 e. The molecule has 0 spiro atoms. The van der Waals surface area contributed by atoms with E-state index in [1.807, 2.05) is 4.90 Å². The average Bonchev–Trinajstić information content (AvgIpc) is 3.08. The van der Waals surface area contributed by atoms with E-state index < -0.39 is 17.3 Å². The van der Waals surface area contributed by atoms with Crippen molar-refractivity contribution >= 4 is 5.82 Å². The van der Waals surface area contributed by atoms with Crippen molar-refractivity contribution in [2.75, 3.05) is 18.2 Å². The van der Waals surface area contributed by atoms with Crippen LogP contribution in [-0.4, -0.2) is 28.9 Å². The van der Waals surface area contributed by atoms with E-state index in [0.29, 0.717) is 25.7 Å². The summed E-state index contributed by atoms with van der Waals surface area (Å²) in [5.41, 5.74) is -0.220. The van der Waals surface area contributed by atoms with Gasteiger partial charge in [-0.2, -0.15) is 4.98 Å². The Bertz CT molecular complexity index is 824. The van der Waals surface area contributed by atoms with Gasteiger partial charge in [0.25, 0.3) is 0 Å². The highest BCUT2D eigenvalue weighted by molar-refractivity contribution is 5.47. The van der Waals surface area contributed by atoms with Crippen LogP contribution < -0.4 is 15.3 Å². The van der Waals surface area contributed by atoms with E-state index in [1.54, 1.807) is 10.6 Å². The van der Waals surface area contributed by atoms with Gasteiger partial charge in [0.05, 0.1) is 19.2 Å². The molecule has 4 rings (SSSR count). The minimum atomic E-state index is -0.698. The Hall–Kier alpha value is -2.48. The third kappa shape index (κ3) is 2.44. The number of ether oxygens (including phenoxy) is 2. The number of rotatable bonds is 3. The normalized spacial score (nSPS) is 18.9. The fourth-order valence-corrected chi connectivity index (χ4v) is 2.84. The largest absolute Gasteiger partial charge is 0.472 e.